The Balaban J connectivity index is 2.25. The molecular formula is C9H18N4O3S. The zero-order chi connectivity index (χ0) is 12.7. The van der Waals surface area contributed by atoms with E-state index in [2.05, 4.69) is 15.6 Å². The maximum absolute atomic E-state index is 10.9. The highest BCUT2D eigenvalue weighted by atomic mass is 32.2. The molecule has 0 aromatic carbocycles. The number of sulfone groups is 1. The van der Waals surface area contributed by atoms with Gasteiger partial charge < -0.3 is 10.4 Å². The topological polar surface area (TPSA) is 97.1 Å². The van der Waals surface area contributed by atoms with E-state index in [4.69, 9.17) is 5.11 Å². The van der Waals surface area contributed by atoms with Crippen LogP contribution in [0.25, 0.3) is 0 Å². The third-order valence-electron chi connectivity index (χ3n) is 2.09. The average Bonchev–Trinajstić information content (AvgIpc) is 2.68. The van der Waals surface area contributed by atoms with Crippen molar-refractivity contribution in [2.75, 3.05) is 25.2 Å². The predicted molar refractivity (Wildman–Crippen MR) is 63.1 cm³/mol. The first-order valence-electron chi connectivity index (χ1n) is 5.39. The van der Waals surface area contributed by atoms with Crippen molar-refractivity contribution in [3.63, 3.8) is 0 Å². The van der Waals surface area contributed by atoms with Crippen LogP contribution in [0.3, 0.4) is 0 Å². The van der Waals surface area contributed by atoms with E-state index in [-0.39, 0.29) is 12.4 Å². The van der Waals surface area contributed by atoms with Crippen LogP contribution in [-0.4, -0.2) is 53.7 Å². The molecule has 7 nitrogen and oxygen atoms in total. The molecule has 0 saturated carbocycles. The van der Waals surface area contributed by atoms with Gasteiger partial charge >= 0.3 is 0 Å². The van der Waals surface area contributed by atoms with Crippen molar-refractivity contribution in [1.82, 2.24) is 20.3 Å². The zero-order valence-electron chi connectivity index (χ0n) is 9.83. The summed E-state index contributed by atoms with van der Waals surface area (Å²) < 4.78 is 23.4. The SMILES string of the molecule is CS(=O)(=O)CCNCc1cn(CCCO)nn1. The van der Waals surface area contributed by atoms with Gasteiger partial charge in [-0.25, -0.2) is 8.42 Å². The quantitative estimate of drug-likeness (QED) is 0.571. The van der Waals surface area contributed by atoms with E-state index < -0.39 is 9.84 Å². The second-order valence-electron chi connectivity index (χ2n) is 3.86. The van der Waals surface area contributed by atoms with Crippen LogP contribution in [0.1, 0.15) is 12.1 Å². The number of rotatable bonds is 8. The maximum Gasteiger partial charge on any atom is 0.148 e. The molecule has 8 heteroatoms. The van der Waals surface area contributed by atoms with Gasteiger partial charge in [0.15, 0.2) is 0 Å². The Bertz CT molecular complexity index is 429. The molecule has 0 amide bonds. The lowest BCUT2D eigenvalue weighted by Crippen LogP contribution is -2.22. The van der Waals surface area contributed by atoms with Gasteiger partial charge in [-0.05, 0) is 6.42 Å². The third kappa shape index (κ3) is 6.35. The fourth-order valence-electron chi connectivity index (χ4n) is 1.24. The largest absolute Gasteiger partial charge is 0.396 e. The summed E-state index contributed by atoms with van der Waals surface area (Å²) in [6, 6.07) is 0. The van der Waals surface area contributed by atoms with E-state index in [0.717, 1.165) is 5.69 Å². The summed E-state index contributed by atoms with van der Waals surface area (Å²) in [4.78, 5) is 0. The summed E-state index contributed by atoms with van der Waals surface area (Å²) in [5.74, 6) is 0.117. The molecule has 0 aliphatic rings. The number of aryl methyl sites for hydroxylation is 1. The molecule has 0 saturated heterocycles. The molecule has 1 heterocycles. The highest BCUT2D eigenvalue weighted by Crippen LogP contribution is 1.94. The van der Waals surface area contributed by atoms with Crippen molar-refractivity contribution in [2.24, 2.45) is 0 Å². The Hall–Kier alpha value is -0.990. The lowest BCUT2D eigenvalue weighted by atomic mass is 10.4. The van der Waals surface area contributed by atoms with E-state index in [1.54, 1.807) is 10.9 Å². The van der Waals surface area contributed by atoms with Gasteiger partial charge in [-0.1, -0.05) is 5.21 Å². The molecule has 1 aromatic rings. The van der Waals surface area contributed by atoms with E-state index in [0.29, 0.717) is 26.1 Å². The maximum atomic E-state index is 10.9. The van der Waals surface area contributed by atoms with Crippen molar-refractivity contribution < 1.29 is 13.5 Å². The van der Waals surface area contributed by atoms with Crippen molar-refractivity contribution in [2.45, 2.75) is 19.5 Å². The van der Waals surface area contributed by atoms with Crippen LogP contribution in [0, 0.1) is 0 Å². The summed E-state index contributed by atoms with van der Waals surface area (Å²) in [5.41, 5.74) is 0.761. The van der Waals surface area contributed by atoms with Crippen LogP contribution < -0.4 is 5.32 Å². The number of aliphatic hydroxyl groups is 1. The number of hydrogen-bond acceptors (Lipinski definition) is 6. The van der Waals surface area contributed by atoms with E-state index in [9.17, 15) is 8.42 Å². The van der Waals surface area contributed by atoms with Gasteiger partial charge in [-0.2, -0.15) is 0 Å². The smallest absolute Gasteiger partial charge is 0.148 e. The third-order valence-corrected chi connectivity index (χ3v) is 3.03. The van der Waals surface area contributed by atoms with Crippen LogP contribution in [0.4, 0.5) is 0 Å². The number of nitrogens with zero attached hydrogens (tertiary/aromatic N) is 3. The number of aromatic nitrogens is 3. The Morgan fingerprint density at radius 2 is 2.29 bits per heavy atom. The second kappa shape index (κ2) is 6.67. The molecule has 0 aliphatic carbocycles. The first-order valence-corrected chi connectivity index (χ1v) is 7.45. The van der Waals surface area contributed by atoms with Crippen LogP contribution in [0.2, 0.25) is 0 Å². The molecule has 0 aliphatic heterocycles. The Morgan fingerprint density at radius 1 is 1.53 bits per heavy atom. The summed E-state index contributed by atoms with van der Waals surface area (Å²) in [6.45, 7) is 1.66. The molecule has 0 atom stereocenters. The first-order chi connectivity index (χ1) is 8.01. The molecule has 0 fully saturated rings. The molecule has 2 N–H and O–H groups in total. The van der Waals surface area contributed by atoms with Crippen molar-refractivity contribution in [3.05, 3.63) is 11.9 Å². The van der Waals surface area contributed by atoms with Gasteiger partial charge in [0.05, 0.1) is 11.4 Å². The molecule has 0 bridgehead atoms. The molecule has 0 spiro atoms. The number of nitrogens with one attached hydrogen (secondary N) is 1. The number of aliphatic hydroxyl groups excluding tert-OH is 1. The monoisotopic (exact) mass is 262 g/mol. The molecular weight excluding hydrogens is 244 g/mol. The Labute approximate surface area is 101 Å². The minimum absolute atomic E-state index is 0.117. The van der Waals surface area contributed by atoms with Gasteiger partial charge in [0.1, 0.15) is 9.84 Å². The van der Waals surface area contributed by atoms with E-state index in [1.807, 2.05) is 0 Å². The standard InChI is InChI=1S/C9H18N4O3S/c1-17(15,16)6-3-10-7-9-8-13(12-11-9)4-2-5-14/h8,10,14H,2-7H2,1H3. The summed E-state index contributed by atoms with van der Waals surface area (Å²) >= 11 is 0. The molecule has 0 radical (unpaired) electrons. The Morgan fingerprint density at radius 3 is 2.94 bits per heavy atom. The normalized spacial score (nSPS) is 11.9. The van der Waals surface area contributed by atoms with Crippen LogP contribution in [-0.2, 0) is 22.9 Å². The second-order valence-corrected chi connectivity index (χ2v) is 6.12. The average molecular weight is 262 g/mol. The van der Waals surface area contributed by atoms with Crippen molar-refractivity contribution in [1.29, 1.82) is 0 Å². The van der Waals surface area contributed by atoms with Crippen LogP contribution in [0.5, 0.6) is 0 Å². The lowest BCUT2D eigenvalue weighted by Gasteiger charge is -2.00. The van der Waals surface area contributed by atoms with Crippen LogP contribution in [0.15, 0.2) is 6.20 Å². The van der Waals surface area contributed by atoms with Gasteiger partial charge in [-0.15, -0.1) is 5.10 Å². The van der Waals surface area contributed by atoms with Crippen LogP contribution >= 0.6 is 0 Å². The van der Waals surface area contributed by atoms with E-state index >= 15 is 0 Å². The van der Waals surface area contributed by atoms with Crippen molar-refractivity contribution >= 4 is 9.84 Å². The summed E-state index contributed by atoms with van der Waals surface area (Å²) in [6.07, 6.45) is 3.63. The minimum atomic E-state index is -2.92. The molecule has 1 aromatic heterocycles. The van der Waals surface area contributed by atoms with E-state index in [1.165, 1.54) is 6.26 Å². The minimum Gasteiger partial charge on any atom is -0.396 e. The fraction of sp³-hybridized carbons (Fsp3) is 0.778. The fourth-order valence-corrected chi connectivity index (χ4v) is 1.75. The highest BCUT2D eigenvalue weighted by molar-refractivity contribution is 7.90. The number of hydrogen-bond donors (Lipinski definition) is 2. The molecule has 1 rings (SSSR count). The zero-order valence-corrected chi connectivity index (χ0v) is 10.7. The van der Waals surface area contributed by atoms with Gasteiger partial charge in [0.25, 0.3) is 0 Å². The lowest BCUT2D eigenvalue weighted by molar-refractivity contribution is 0.276. The summed E-state index contributed by atoms with van der Waals surface area (Å²) in [5, 5.41) is 19.4. The molecule has 17 heavy (non-hydrogen) atoms. The van der Waals surface area contributed by atoms with Gasteiger partial charge in [0, 0.05) is 38.7 Å². The summed E-state index contributed by atoms with van der Waals surface area (Å²) in [7, 11) is -2.92. The Kier molecular flexibility index (Phi) is 5.52. The van der Waals surface area contributed by atoms with Gasteiger partial charge in [-0.3, -0.25) is 4.68 Å². The predicted octanol–water partition coefficient (Wildman–Crippen LogP) is -1.21. The molecule has 0 unspecified atom stereocenters. The van der Waals surface area contributed by atoms with Crippen molar-refractivity contribution in [3.8, 4) is 0 Å². The highest BCUT2D eigenvalue weighted by Gasteiger charge is 2.03. The first kappa shape index (κ1) is 14.1. The van der Waals surface area contributed by atoms with Gasteiger partial charge in [0.2, 0.25) is 0 Å². The molecule has 98 valence electrons.